The van der Waals surface area contributed by atoms with Crippen LogP contribution in [0.15, 0.2) is 0 Å². The molecule has 0 aliphatic heterocycles. The van der Waals surface area contributed by atoms with Gasteiger partial charge in [-0.3, -0.25) is 20.2 Å². The zero-order chi connectivity index (χ0) is 12.2. The average Bonchev–Trinajstić information content (AvgIpc) is 2.26. The quantitative estimate of drug-likeness (QED) is 0.474. The van der Waals surface area contributed by atoms with Crippen LogP contribution in [0.1, 0.15) is 39.0 Å². The van der Waals surface area contributed by atoms with E-state index in [2.05, 4.69) is 5.32 Å². The highest BCUT2D eigenvalue weighted by Crippen LogP contribution is 2.18. The van der Waals surface area contributed by atoms with E-state index in [9.17, 15) is 20.2 Å². The first-order valence-electron chi connectivity index (χ1n) is 5.49. The zero-order valence-corrected chi connectivity index (χ0v) is 11.5. The van der Waals surface area contributed by atoms with Crippen LogP contribution in [0.3, 0.4) is 0 Å². The first kappa shape index (κ1) is 16.2. The summed E-state index contributed by atoms with van der Waals surface area (Å²) in [5, 5.41) is 24.3. The highest BCUT2D eigenvalue weighted by atomic mass is 79.9. The van der Waals surface area contributed by atoms with Crippen molar-refractivity contribution in [1.82, 2.24) is 5.32 Å². The van der Waals surface area contributed by atoms with Crippen molar-refractivity contribution in [3.05, 3.63) is 20.2 Å². The molecule has 1 fully saturated rings. The molecule has 0 amide bonds. The molecule has 1 saturated carbocycles. The molecule has 1 rings (SSSR count). The van der Waals surface area contributed by atoms with Gasteiger partial charge in [0.1, 0.15) is 6.54 Å². The second-order valence-corrected chi connectivity index (χ2v) is 4.45. The maximum absolute atomic E-state index is 10.7. The summed E-state index contributed by atoms with van der Waals surface area (Å²) in [5.41, 5.74) is -2.11. The summed E-state index contributed by atoms with van der Waals surface area (Å²) in [6.45, 7) is 0.834. The van der Waals surface area contributed by atoms with Gasteiger partial charge >= 0.3 is 5.66 Å². The van der Waals surface area contributed by atoms with E-state index in [0.29, 0.717) is 0 Å². The smallest absolute Gasteiger partial charge is 0.301 e. The maximum Gasteiger partial charge on any atom is 0.467 e. The molecular formula is C9H18BrN3O4. The fraction of sp³-hybridized carbons (Fsp3) is 1.00. The van der Waals surface area contributed by atoms with Crippen LogP contribution in [-0.2, 0) is 0 Å². The van der Waals surface area contributed by atoms with Crippen LogP contribution in [-0.4, -0.2) is 28.1 Å². The normalized spacial score (nSPS) is 17.2. The molecule has 1 N–H and O–H groups in total. The molecule has 0 heterocycles. The Labute approximate surface area is 110 Å². The Bertz CT molecular complexity index is 267. The molecule has 1 aliphatic carbocycles. The minimum Gasteiger partial charge on any atom is -0.301 e. The van der Waals surface area contributed by atoms with E-state index in [-0.39, 0.29) is 29.6 Å². The van der Waals surface area contributed by atoms with Gasteiger partial charge < -0.3 is 5.32 Å². The van der Waals surface area contributed by atoms with Gasteiger partial charge in [0.25, 0.3) is 0 Å². The Morgan fingerprint density at radius 2 is 1.65 bits per heavy atom. The number of nitrogens with one attached hydrogen (secondary N) is 1. The van der Waals surface area contributed by atoms with Crippen molar-refractivity contribution in [3.63, 3.8) is 0 Å². The van der Waals surface area contributed by atoms with Gasteiger partial charge in [-0.25, -0.2) is 0 Å². The van der Waals surface area contributed by atoms with Crippen LogP contribution in [0, 0.1) is 20.2 Å². The third-order valence-electron chi connectivity index (χ3n) is 3.12. The largest absolute Gasteiger partial charge is 0.467 e. The standard InChI is InChI=1S/C9H17N3O4.BrH/c1-9(11(13)14,12(15)16)7-10-8-5-3-2-4-6-8;/h8,10H,2-7H2,1H3;1H. The molecule has 100 valence electrons. The highest BCUT2D eigenvalue weighted by Gasteiger charge is 2.50. The molecule has 0 aromatic heterocycles. The third-order valence-corrected chi connectivity index (χ3v) is 3.12. The van der Waals surface area contributed by atoms with E-state index in [4.69, 9.17) is 0 Å². The van der Waals surface area contributed by atoms with Gasteiger partial charge in [-0.15, -0.1) is 17.0 Å². The molecule has 0 unspecified atom stereocenters. The molecule has 0 spiro atoms. The van der Waals surface area contributed by atoms with E-state index < -0.39 is 15.5 Å². The Morgan fingerprint density at radius 1 is 1.18 bits per heavy atom. The Balaban J connectivity index is 0.00000256. The molecule has 0 saturated heterocycles. The number of nitrogens with zero attached hydrogens (tertiary/aromatic N) is 2. The molecule has 0 atom stereocenters. The molecule has 0 aromatic rings. The summed E-state index contributed by atoms with van der Waals surface area (Å²) in [4.78, 5) is 19.7. The van der Waals surface area contributed by atoms with Gasteiger partial charge in [-0.05, 0) is 12.8 Å². The maximum atomic E-state index is 10.7. The van der Waals surface area contributed by atoms with Crippen LogP contribution >= 0.6 is 17.0 Å². The predicted molar refractivity (Wildman–Crippen MR) is 67.6 cm³/mol. The number of hydrogen-bond donors (Lipinski definition) is 1. The van der Waals surface area contributed by atoms with Crippen LogP contribution in [0.5, 0.6) is 0 Å². The molecule has 7 nitrogen and oxygen atoms in total. The summed E-state index contributed by atoms with van der Waals surface area (Å²) in [6.07, 6.45) is 5.26. The minimum atomic E-state index is -2.11. The Kier molecular flexibility index (Phi) is 6.54. The summed E-state index contributed by atoms with van der Waals surface area (Å²) in [6, 6.07) is 0.188. The lowest BCUT2D eigenvalue weighted by molar-refractivity contribution is -0.789. The molecule has 1 aliphatic rings. The van der Waals surface area contributed by atoms with Crippen molar-refractivity contribution in [3.8, 4) is 0 Å². The lowest BCUT2D eigenvalue weighted by Gasteiger charge is -2.24. The van der Waals surface area contributed by atoms with Crippen molar-refractivity contribution in [2.24, 2.45) is 0 Å². The second kappa shape index (κ2) is 6.85. The molecule has 0 bridgehead atoms. The zero-order valence-electron chi connectivity index (χ0n) is 9.76. The minimum absolute atomic E-state index is 0. The van der Waals surface area contributed by atoms with Crippen LogP contribution < -0.4 is 5.32 Å². The summed E-state index contributed by atoms with van der Waals surface area (Å²) >= 11 is 0. The topological polar surface area (TPSA) is 98.3 Å². The first-order chi connectivity index (χ1) is 7.47. The lowest BCUT2D eigenvalue weighted by Crippen LogP contribution is -2.53. The molecule has 0 aromatic carbocycles. The van der Waals surface area contributed by atoms with Crippen LogP contribution in [0.25, 0.3) is 0 Å². The van der Waals surface area contributed by atoms with E-state index >= 15 is 0 Å². The highest BCUT2D eigenvalue weighted by molar-refractivity contribution is 8.93. The second-order valence-electron chi connectivity index (χ2n) is 4.45. The fourth-order valence-electron chi connectivity index (χ4n) is 1.84. The molecule has 17 heavy (non-hydrogen) atoms. The molecule has 8 heteroatoms. The number of halogens is 1. The lowest BCUT2D eigenvalue weighted by atomic mass is 9.95. The average molecular weight is 312 g/mol. The molecular weight excluding hydrogens is 294 g/mol. The number of nitro groups is 2. The van der Waals surface area contributed by atoms with Crippen molar-refractivity contribution in [2.75, 3.05) is 6.54 Å². The van der Waals surface area contributed by atoms with Crippen molar-refractivity contribution in [1.29, 1.82) is 0 Å². The van der Waals surface area contributed by atoms with Gasteiger partial charge in [0.05, 0.1) is 16.8 Å². The van der Waals surface area contributed by atoms with E-state index in [1.54, 1.807) is 0 Å². The van der Waals surface area contributed by atoms with Crippen molar-refractivity contribution in [2.45, 2.75) is 50.7 Å². The Hall–Kier alpha value is -0.760. The van der Waals surface area contributed by atoms with Gasteiger partial charge in [0.2, 0.25) is 0 Å². The monoisotopic (exact) mass is 311 g/mol. The summed E-state index contributed by atoms with van der Waals surface area (Å²) in [7, 11) is 0. The van der Waals surface area contributed by atoms with E-state index in [1.807, 2.05) is 0 Å². The van der Waals surface area contributed by atoms with Gasteiger partial charge in [0.15, 0.2) is 0 Å². The summed E-state index contributed by atoms with van der Waals surface area (Å²) < 4.78 is 0. The Morgan fingerprint density at radius 3 is 2.06 bits per heavy atom. The van der Waals surface area contributed by atoms with Gasteiger partial charge in [-0.2, -0.15) is 0 Å². The fourth-order valence-corrected chi connectivity index (χ4v) is 1.84. The van der Waals surface area contributed by atoms with Crippen molar-refractivity contribution < 1.29 is 9.85 Å². The van der Waals surface area contributed by atoms with Crippen LogP contribution in [0.2, 0.25) is 0 Å². The van der Waals surface area contributed by atoms with E-state index in [0.717, 1.165) is 32.6 Å². The van der Waals surface area contributed by atoms with Crippen LogP contribution in [0.4, 0.5) is 0 Å². The summed E-state index contributed by atoms with van der Waals surface area (Å²) in [5.74, 6) is 0. The first-order valence-corrected chi connectivity index (χ1v) is 5.49. The SMILES string of the molecule is Br.CC(CNC1CCCCC1)([N+](=O)[O-])[N+](=O)[O-]. The van der Waals surface area contributed by atoms with Crippen molar-refractivity contribution >= 4 is 17.0 Å². The number of rotatable bonds is 5. The molecule has 0 radical (unpaired) electrons. The predicted octanol–water partition coefficient (Wildman–Crippen LogP) is 1.76. The van der Waals surface area contributed by atoms with Gasteiger partial charge in [0, 0.05) is 6.04 Å². The van der Waals surface area contributed by atoms with E-state index in [1.165, 1.54) is 6.42 Å². The number of hydrogen-bond acceptors (Lipinski definition) is 5. The van der Waals surface area contributed by atoms with Gasteiger partial charge in [-0.1, -0.05) is 19.3 Å². The third kappa shape index (κ3) is 4.19.